The molecule has 0 fully saturated rings. The summed E-state index contributed by atoms with van der Waals surface area (Å²) in [7, 11) is 1.84. The van der Waals surface area contributed by atoms with E-state index in [0.29, 0.717) is 5.02 Å². The van der Waals surface area contributed by atoms with Crippen LogP contribution in [0.3, 0.4) is 0 Å². The van der Waals surface area contributed by atoms with E-state index in [1.165, 1.54) is 12.1 Å². The Bertz CT molecular complexity index is 585. The molecule has 19 heavy (non-hydrogen) atoms. The Hall–Kier alpha value is -0.910. The fourth-order valence-electron chi connectivity index (χ4n) is 2.09. The average molecular weight is 347 g/mol. The maximum absolute atomic E-state index is 13.2. The van der Waals surface area contributed by atoms with E-state index in [-0.39, 0.29) is 11.9 Å². The number of rotatable bonds is 4. The van der Waals surface area contributed by atoms with Gasteiger partial charge in [-0.2, -0.15) is 5.10 Å². The Morgan fingerprint density at radius 1 is 1.53 bits per heavy atom. The van der Waals surface area contributed by atoms with Gasteiger partial charge in [-0.3, -0.25) is 4.68 Å². The average Bonchev–Trinajstić information content (AvgIpc) is 2.74. The highest BCUT2D eigenvalue weighted by Crippen LogP contribution is 2.32. The van der Waals surface area contributed by atoms with Gasteiger partial charge in [-0.25, -0.2) is 4.39 Å². The van der Waals surface area contributed by atoms with E-state index in [1.807, 2.05) is 18.7 Å². The van der Waals surface area contributed by atoms with Gasteiger partial charge in [-0.1, -0.05) is 17.7 Å². The number of aryl methyl sites for hydroxylation is 1. The van der Waals surface area contributed by atoms with Gasteiger partial charge in [-0.05, 0) is 47.6 Å². The van der Waals surface area contributed by atoms with E-state index in [2.05, 4.69) is 26.3 Å². The van der Waals surface area contributed by atoms with Crippen LogP contribution >= 0.6 is 27.5 Å². The Balaban J connectivity index is 2.52. The predicted octanol–water partition coefficient (Wildman–Crippen LogP) is 3.77. The van der Waals surface area contributed by atoms with Crippen molar-refractivity contribution in [1.82, 2.24) is 15.1 Å². The molecular weight excluding hydrogens is 333 g/mol. The number of hydrogen-bond donors (Lipinski definition) is 1. The van der Waals surface area contributed by atoms with E-state index in [4.69, 9.17) is 11.6 Å². The first-order valence-corrected chi connectivity index (χ1v) is 7.09. The SMILES string of the molecule is CCn1ncc(Br)c1C(NC)c1ccc(F)cc1Cl. The highest BCUT2D eigenvalue weighted by molar-refractivity contribution is 9.10. The summed E-state index contributed by atoms with van der Waals surface area (Å²) in [5, 5.41) is 7.89. The van der Waals surface area contributed by atoms with Crippen LogP contribution in [-0.2, 0) is 6.54 Å². The molecule has 0 bridgehead atoms. The van der Waals surface area contributed by atoms with Crippen molar-refractivity contribution in [3.63, 3.8) is 0 Å². The minimum atomic E-state index is -0.341. The van der Waals surface area contributed by atoms with Crippen LogP contribution in [0.5, 0.6) is 0 Å². The molecule has 0 saturated carbocycles. The fourth-order valence-corrected chi connectivity index (χ4v) is 2.89. The molecule has 1 atom stereocenters. The molecule has 1 heterocycles. The number of nitrogens with one attached hydrogen (secondary N) is 1. The first kappa shape index (κ1) is 14.5. The molecule has 0 aliphatic heterocycles. The molecule has 6 heteroatoms. The molecular formula is C13H14BrClFN3. The molecule has 2 rings (SSSR count). The standard InChI is InChI=1S/C13H14BrClFN3/c1-3-19-13(10(14)7-18-19)12(17-2)9-5-4-8(16)6-11(9)15/h4-7,12,17H,3H2,1-2H3. The minimum Gasteiger partial charge on any atom is -0.308 e. The number of halogens is 3. The van der Waals surface area contributed by atoms with Gasteiger partial charge in [0.05, 0.1) is 22.4 Å². The molecule has 0 aliphatic carbocycles. The van der Waals surface area contributed by atoms with Crippen molar-refractivity contribution in [2.45, 2.75) is 19.5 Å². The molecule has 3 nitrogen and oxygen atoms in total. The van der Waals surface area contributed by atoms with Gasteiger partial charge in [0.25, 0.3) is 0 Å². The summed E-state index contributed by atoms with van der Waals surface area (Å²) in [6, 6.07) is 4.27. The van der Waals surface area contributed by atoms with Crippen molar-refractivity contribution >= 4 is 27.5 Å². The normalized spacial score (nSPS) is 12.7. The first-order chi connectivity index (χ1) is 9.08. The lowest BCUT2D eigenvalue weighted by atomic mass is 10.0. The molecule has 0 spiro atoms. The van der Waals surface area contributed by atoms with Crippen LogP contribution < -0.4 is 5.32 Å². The lowest BCUT2D eigenvalue weighted by Gasteiger charge is -2.20. The van der Waals surface area contributed by atoms with Gasteiger partial charge in [0, 0.05) is 11.6 Å². The molecule has 2 aromatic rings. The maximum atomic E-state index is 13.2. The smallest absolute Gasteiger partial charge is 0.124 e. The third kappa shape index (κ3) is 2.83. The highest BCUT2D eigenvalue weighted by atomic mass is 79.9. The van der Waals surface area contributed by atoms with Gasteiger partial charge in [0.2, 0.25) is 0 Å². The summed E-state index contributed by atoms with van der Waals surface area (Å²) in [4.78, 5) is 0. The van der Waals surface area contributed by atoms with Crippen molar-refractivity contribution in [3.05, 3.63) is 51.0 Å². The van der Waals surface area contributed by atoms with Gasteiger partial charge in [0.15, 0.2) is 0 Å². The van der Waals surface area contributed by atoms with Crippen molar-refractivity contribution in [2.75, 3.05) is 7.05 Å². The van der Waals surface area contributed by atoms with Gasteiger partial charge in [-0.15, -0.1) is 0 Å². The van der Waals surface area contributed by atoms with Crippen LogP contribution in [0.2, 0.25) is 5.02 Å². The molecule has 1 N–H and O–H groups in total. The Labute approximate surface area is 124 Å². The second kappa shape index (κ2) is 6.03. The first-order valence-electron chi connectivity index (χ1n) is 5.91. The van der Waals surface area contributed by atoms with Crippen molar-refractivity contribution in [2.24, 2.45) is 0 Å². The number of aromatic nitrogens is 2. The van der Waals surface area contributed by atoms with Crippen LogP contribution in [0, 0.1) is 5.82 Å². The van der Waals surface area contributed by atoms with Crippen molar-refractivity contribution < 1.29 is 4.39 Å². The monoisotopic (exact) mass is 345 g/mol. The van der Waals surface area contributed by atoms with Crippen LogP contribution in [0.1, 0.15) is 24.2 Å². The van der Waals surface area contributed by atoms with Gasteiger partial charge in [0.1, 0.15) is 5.82 Å². The zero-order valence-electron chi connectivity index (χ0n) is 10.6. The molecule has 0 radical (unpaired) electrons. The zero-order valence-corrected chi connectivity index (χ0v) is 13.0. The zero-order chi connectivity index (χ0) is 14.0. The minimum absolute atomic E-state index is 0.148. The Morgan fingerprint density at radius 2 is 2.26 bits per heavy atom. The van der Waals surface area contributed by atoms with Crippen LogP contribution in [0.25, 0.3) is 0 Å². The number of benzene rings is 1. The summed E-state index contributed by atoms with van der Waals surface area (Å²) in [5.41, 5.74) is 1.79. The largest absolute Gasteiger partial charge is 0.308 e. The molecule has 1 aromatic heterocycles. The summed E-state index contributed by atoms with van der Waals surface area (Å²) in [6.07, 6.45) is 1.75. The van der Waals surface area contributed by atoms with Crippen LogP contribution in [0.4, 0.5) is 4.39 Å². The molecule has 0 saturated heterocycles. The van der Waals surface area contributed by atoms with E-state index < -0.39 is 0 Å². The Kier molecular flexibility index (Phi) is 4.60. The highest BCUT2D eigenvalue weighted by Gasteiger charge is 2.22. The molecule has 1 aromatic carbocycles. The predicted molar refractivity (Wildman–Crippen MR) is 77.9 cm³/mol. The fraction of sp³-hybridized carbons (Fsp3) is 0.308. The third-order valence-electron chi connectivity index (χ3n) is 2.97. The van der Waals surface area contributed by atoms with Crippen molar-refractivity contribution in [1.29, 1.82) is 0 Å². The summed E-state index contributed by atoms with van der Waals surface area (Å²) in [6.45, 7) is 2.76. The molecule has 0 aliphatic rings. The van der Waals surface area contributed by atoms with E-state index >= 15 is 0 Å². The van der Waals surface area contributed by atoms with E-state index in [0.717, 1.165) is 22.3 Å². The van der Waals surface area contributed by atoms with Crippen LogP contribution in [-0.4, -0.2) is 16.8 Å². The topological polar surface area (TPSA) is 29.9 Å². The second-order valence-electron chi connectivity index (χ2n) is 4.08. The maximum Gasteiger partial charge on any atom is 0.124 e. The molecule has 102 valence electrons. The molecule has 0 amide bonds. The quantitative estimate of drug-likeness (QED) is 0.913. The lowest BCUT2D eigenvalue weighted by molar-refractivity contribution is 0.560. The third-order valence-corrected chi connectivity index (χ3v) is 3.91. The summed E-state index contributed by atoms with van der Waals surface area (Å²) in [5.74, 6) is -0.341. The van der Waals surface area contributed by atoms with E-state index in [1.54, 1.807) is 12.3 Å². The Morgan fingerprint density at radius 3 is 2.84 bits per heavy atom. The van der Waals surface area contributed by atoms with Gasteiger partial charge < -0.3 is 5.32 Å². The number of nitrogens with zero attached hydrogens (tertiary/aromatic N) is 2. The number of hydrogen-bond acceptors (Lipinski definition) is 2. The lowest BCUT2D eigenvalue weighted by Crippen LogP contribution is -2.22. The molecule has 1 unspecified atom stereocenters. The summed E-state index contributed by atoms with van der Waals surface area (Å²) >= 11 is 9.64. The van der Waals surface area contributed by atoms with Crippen molar-refractivity contribution in [3.8, 4) is 0 Å². The van der Waals surface area contributed by atoms with Gasteiger partial charge >= 0.3 is 0 Å². The van der Waals surface area contributed by atoms with E-state index in [9.17, 15) is 4.39 Å². The second-order valence-corrected chi connectivity index (χ2v) is 5.34. The van der Waals surface area contributed by atoms with Crippen LogP contribution in [0.15, 0.2) is 28.9 Å². The summed E-state index contributed by atoms with van der Waals surface area (Å²) < 4.78 is 15.9.